The molecule has 2 aromatic rings. The minimum atomic E-state index is -0.656. The number of alkyl carbamates (subject to hydrolysis) is 1. The van der Waals surface area contributed by atoms with Crippen LogP contribution in [0.1, 0.15) is 59.1 Å². The molecule has 1 N–H and O–H groups in total. The number of esters is 1. The Balaban J connectivity index is 1.64. The lowest BCUT2D eigenvalue weighted by molar-refractivity contribution is -0.162. The first kappa shape index (κ1) is 33.6. The quantitative estimate of drug-likeness (QED) is 0.197. The molecule has 2 atom stereocenters. The third kappa shape index (κ3) is 11.7. The highest BCUT2D eigenvalue weighted by Gasteiger charge is 2.39. The number of likely N-dealkylation sites (tertiary alicyclic amines) is 1. The molecular formula is C33H46N2O8. The van der Waals surface area contributed by atoms with Crippen LogP contribution in [0.5, 0.6) is 11.5 Å². The Bertz CT molecular complexity index is 1220. The number of ether oxygens (including phenoxy) is 5. The molecule has 10 nitrogen and oxygen atoms in total. The van der Waals surface area contributed by atoms with Gasteiger partial charge in [-0.3, -0.25) is 4.79 Å². The van der Waals surface area contributed by atoms with E-state index in [0.717, 1.165) is 11.1 Å². The van der Waals surface area contributed by atoms with E-state index in [1.54, 1.807) is 18.1 Å². The van der Waals surface area contributed by atoms with Crippen LogP contribution < -0.4 is 14.8 Å². The Morgan fingerprint density at radius 3 is 2.26 bits per heavy atom. The van der Waals surface area contributed by atoms with Crippen LogP contribution in [0.25, 0.3) is 0 Å². The van der Waals surface area contributed by atoms with Crippen molar-refractivity contribution in [1.29, 1.82) is 0 Å². The van der Waals surface area contributed by atoms with Gasteiger partial charge in [0.1, 0.15) is 35.9 Å². The number of hydrogen-bond acceptors (Lipinski definition) is 8. The number of amides is 2. The fourth-order valence-electron chi connectivity index (χ4n) is 4.73. The lowest BCUT2D eigenvalue weighted by Gasteiger charge is -2.28. The molecule has 43 heavy (non-hydrogen) atoms. The highest BCUT2D eigenvalue weighted by molar-refractivity contribution is 5.74. The van der Waals surface area contributed by atoms with Gasteiger partial charge in [-0.25, -0.2) is 9.59 Å². The van der Waals surface area contributed by atoms with Crippen LogP contribution in [0.3, 0.4) is 0 Å². The summed E-state index contributed by atoms with van der Waals surface area (Å²) in [5.74, 6) is 0.203. The summed E-state index contributed by atoms with van der Waals surface area (Å²) in [4.78, 5) is 39.8. The number of methoxy groups -OCH3 is 1. The zero-order valence-corrected chi connectivity index (χ0v) is 26.4. The first-order chi connectivity index (χ1) is 20.2. The average molecular weight is 599 g/mol. The largest absolute Gasteiger partial charge is 0.497 e. The summed E-state index contributed by atoms with van der Waals surface area (Å²) in [6.45, 7) is 12.5. The average Bonchev–Trinajstić information content (AvgIpc) is 3.42. The summed E-state index contributed by atoms with van der Waals surface area (Å²) in [5.41, 5.74) is 0.472. The molecular weight excluding hydrogens is 552 g/mol. The van der Waals surface area contributed by atoms with Crippen molar-refractivity contribution >= 4 is 18.2 Å². The molecule has 0 spiro atoms. The lowest BCUT2D eigenvalue weighted by atomic mass is 9.86. The van der Waals surface area contributed by atoms with Gasteiger partial charge in [-0.1, -0.05) is 30.3 Å². The normalized spacial score (nSPS) is 15.8. The fraction of sp³-hybridized carbons (Fsp3) is 0.545. The van der Waals surface area contributed by atoms with Crippen molar-refractivity contribution in [3.05, 3.63) is 59.7 Å². The zero-order valence-electron chi connectivity index (χ0n) is 26.4. The minimum Gasteiger partial charge on any atom is -0.497 e. The maximum absolute atomic E-state index is 13.4. The predicted octanol–water partition coefficient (Wildman–Crippen LogP) is 5.76. The summed E-state index contributed by atoms with van der Waals surface area (Å²) in [6, 6.07) is 14.9. The highest BCUT2D eigenvalue weighted by atomic mass is 16.6. The highest BCUT2D eigenvalue weighted by Crippen LogP contribution is 2.32. The first-order valence-electron chi connectivity index (χ1n) is 14.7. The molecule has 1 heterocycles. The van der Waals surface area contributed by atoms with Crippen LogP contribution in [0.2, 0.25) is 0 Å². The van der Waals surface area contributed by atoms with Crippen LogP contribution in [0.15, 0.2) is 48.5 Å². The van der Waals surface area contributed by atoms with Gasteiger partial charge >= 0.3 is 18.2 Å². The van der Waals surface area contributed by atoms with Gasteiger partial charge in [-0.05, 0) is 83.6 Å². The van der Waals surface area contributed by atoms with E-state index < -0.39 is 23.2 Å². The van der Waals surface area contributed by atoms with Crippen LogP contribution in [0.4, 0.5) is 9.59 Å². The van der Waals surface area contributed by atoms with E-state index in [1.165, 1.54) is 0 Å². The van der Waals surface area contributed by atoms with Gasteiger partial charge in [0.05, 0.1) is 19.6 Å². The van der Waals surface area contributed by atoms with Gasteiger partial charge in [-0.2, -0.15) is 0 Å². The van der Waals surface area contributed by atoms with Crippen LogP contribution in [0, 0.1) is 11.8 Å². The Labute approximate surface area is 255 Å². The number of benzene rings is 2. The summed E-state index contributed by atoms with van der Waals surface area (Å²) in [6.07, 6.45) is 0.116. The van der Waals surface area contributed by atoms with Crippen LogP contribution in [-0.2, 0) is 32.0 Å². The molecule has 10 heteroatoms. The lowest BCUT2D eigenvalue weighted by Crippen LogP contribution is -2.38. The van der Waals surface area contributed by atoms with E-state index in [9.17, 15) is 14.4 Å². The number of nitrogens with one attached hydrogen (secondary N) is 1. The number of carbonyl (C=O) groups excluding carboxylic acids is 3. The van der Waals surface area contributed by atoms with Crippen molar-refractivity contribution < 1.29 is 38.1 Å². The molecule has 236 valence electrons. The molecule has 0 radical (unpaired) electrons. The molecule has 1 aliphatic heterocycles. The first-order valence-corrected chi connectivity index (χ1v) is 14.7. The minimum absolute atomic E-state index is 0.107. The van der Waals surface area contributed by atoms with Crippen molar-refractivity contribution in [3.8, 4) is 11.5 Å². The Morgan fingerprint density at radius 1 is 0.930 bits per heavy atom. The van der Waals surface area contributed by atoms with Gasteiger partial charge in [0, 0.05) is 19.2 Å². The number of carbonyl (C=O) groups is 3. The molecule has 0 bridgehead atoms. The maximum atomic E-state index is 13.4. The molecule has 1 fully saturated rings. The summed E-state index contributed by atoms with van der Waals surface area (Å²) in [7, 11) is 1.56. The second kappa shape index (κ2) is 15.0. The van der Waals surface area contributed by atoms with E-state index in [1.807, 2.05) is 84.0 Å². The third-order valence-electron chi connectivity index (χ3n) is 6.64. The van der Waals surface area contributed by atoms with Crippen molar-refractivity contribution in [2.24, 2.45) is 11.8 Å². The second-order valence-electron chi connectivity index (χ2n) is 12.7. The van der Waals surface area contributed by atoms with Crippen molar-refractivity contribution in [2.75, 3.05) is 33.4 Å². The van der Waals surface area contributed by atoms with Gasteiger partial charge < -0.3 is 33.9 Å². The van der Waals surface area contributed by atoms with E-state index in [2.05, 4.69) is 5.32 Å². The Hall–Kier alpha value is -3.95. The van der Waals surface area contributed by atoms with E-state index in [4.69, 9.17) is 23.7 Å². The van der Waals surface area contributed by atoms with Crippen molar-refractivity contribution in [3.63, 3.8) is 0 Å². The zero-order chi connectivity index (χ0) is 31.6. The van der Waals surface area contributed by atoms with Crippen molar-refractivity contribution in [2.45, 2.75) is 72.2 Å². The molecule has 1 saturated heterocycles. The van der Waals surface area contributed by atoms with E-state index in [-0.39, 0.29) is 37.7 Å². The van der Waals surface area contributed by atoms with Crippen LogP contribution >= 0.6 is 0 Å². The second-order valence-corrected chi connectivity index (χ2v) is 12.7. The number of hydrogen-bond donors (Lipinski definition) is 1. The summed E-state index contributed by atoms with van der Waals surface area (Å²) >= 11 is 0. The van der Waals surface area contributed by atoms with E-state index >= 15 is 0 Å². The van der Waals surface area contributed by atoms with Gasteiger partial charge in [0.2, 0.25) is 0 Å². The van der Waals surface area contributed by atoms with E-state index in [0.29, 0.717) is 37.4 Å². The molecule has 0 aliphatic carbocycles. The third-order valence-corrected chi connectivity index (χ3v) is 6.64. The summed E-state index contributed by atoms with van der Waals surface area (Å²) in [5, 5.41) is 2.68. The Morgan fingerprint density at radius 2 is 1.60 bits per heavy atom. The van der Waals surface area contributed by atoms with Crippen LogP contribution in [-0.4, -0.2) is 67.6 Å². The molecule has 3 rings (SSSR count). The topological polar surface area (TPSA) is 113 Å². The molecule has 2 aromatic carbocycles. The fourth-order valence-corrected chi connectivity index (χ4v) is 4.73. The maximum Gasteiger partial charge on any atom is 0.410 e. The molecule has 0 unspecified atom stereocenters. The van der Waals surface area contributed by atoms with Gasteiger partial charge in [0.25, 0.3) is 0 Å². The predicted molar refractivity (Wildman–Crippen MR) is 162 cm³/mol. The molecule has 0 aromatic heterocycles. The standard InChI is InChI=1S/C33H46N2O8/c1-32(2,3)42-29(36)28(25-13-15-35(21-25)31(38)43-33(4,5)6)19-24-17-26(39-7)20-27(18-24)40-16-14-34-30(37)41-22-23-11-9-8-10-12-23/h8-12,17-18,20,25,28H,13-16,19,21-22H2,1-7H3,(H,34,37)/t25-,28-/m0/s1. The number of nitrogens with zero attached hydrogens (tertiary/aromatic N) is 1. The molecule has 2 amide bonds. The van der Waals surface area contributed by atoms with Crippen molar-refractivity contribution in [1.82, 2.24) is 10.2 Å². The molecule has 1 aliphatic rings. The monoisotopic (exact) mass is 598 g/mol. The smallest absolute Gasteiger partial charge is 0.410 e. The van der Waals surface area contributed by atoms with Gasteiger partial charge in [-0.15, -0.1) is 0 Å². The SMILES string of the molecule is COc1cc(C[C@H](C(=O)OC(C)(C)C)[C@H]2CCN(C(=O)OC(C)(C)C)C2)cc(OCCNC(=O)OCc2ccccc2)c1. The van der Waals surface area contributed by atoms with Gasteiger partial charge in [0.15, 0.2) is 0 Å². The summed E-state index contributed by atoms with van der Waals surface area (Å²) < 4.78 is 28.0. The Kier molecular flexibility index (Phi) is 11.7. The number of rotatable bonds is 11. The molecule has 0 saturated carbocycles.